The minimum Gasteiger partial charge on any atom is -0.349 e. The molecule has 1 heterocycles. The van der Waals surface area contributed by atoms with Gasteiger partial charge in [-0.15, -0.1) is 0 Å². The normalized spacial score (nSPS) is 12.8. The van der Waals surface area contributed by atoms with Crippen LogP contribution in [0.5, 0.6) is 0 Å². The Balaban J connectivity index is 3.13. The second kappa shape index (κ2) is 7.42. The standard InChI is InChI=1S/C15H29N3O2S/c1-6-15(7-2,8-3)17-21(19,20)14-10-13(11-16-5)18(9-4)12-14/h10,12,16-17H,6-9,11H2,1-5H3. The van der Waals surface area contributed by atoms with Gasteiger partial charge in [0.25, 0.3) is 0 Å². The molecule has 2 N–H and O–H groups in total. The molecule has 0 saturated carbocycles. The summed E-state index contributed by atoms with van der Waals surface area (Å²) in [4.78, 5) is 0.356. The molecule has 5 nitrogen and oxygen atoms in total. The van der Waals surface area contributed by atoms with E-state index in [9.17, 15) is 8.42 Å². The van der Waals surface area contributed by atoms with Crippen molar-refractivity contribution in [2.24, 2.45) is 0 Å². The summed E-state index contributed by atoms with van der Waals surface area (Å²) in [6, 6.07) is 1.76. The Kier molecular flexibility index (Phi) is 6.43. The molecule has 0 radical (unpaired) electrons. The minimum atomic E-state index is -3.48. The molecule has 0 spiro atoms. The second-order valence-corrected chi connectivity index (χ2v) is 7.11. The smallest absolute Gasteiger partial charge is 0.242 e. The topological polar surface area (TPSA) is 63.1 Å². The largest absolute Gasteiger partial charge is 0.349 e. The Morgan fingerprint density at radius 2 is 1.71 bits per heavy atom. The molecule has 0 atom stereocenters. The van der Waals surface area contributed by atoms with Crippen LogP contribution < -0.4 is 10.0 Å². The third kappa shape index (κ3) is 4.08. The molecule has 122 valence electrons. The fourth-order valence-electron chi connectivity index (χ4n) is 2.61. The van der Waals surface area contributed by atoms with E-state index in [0.717, 1.165) is 31.5 Å². The molecule has 1 rings (SSSR count). The molecule has 1 aromatic rings. The maximum atomic E-state index is 12.7. The van der Waals surface area contributed by atoms with Crippen molar-refractivity contribution < 1.29 is 8.42 Å². The maximum Gasteiger partial charge on any atom is 0.242 e. The molecule has 21 heavy (non-hydrogen) atoms. The first-order valence-electron chi connectivity index (χ1n) is 7.75. The van der Waals surface area contributed by atoms with Gasteiger partial charge in [-0.1, -0.05) is 20.8 Å². The molecule has 1 aromatic heterocycles. The van der Waals surface area contributed by atoms with Crippen molar-refractivity contribution in [2.45, 2.75) is 70.5 Å². The lowest BCUT2D eigenvalue weighted by Gasteiger charge is -2.31. The molecule has 0 fully saturated rings. The molecule has 0 unspecified atom stereocenters. The van der Waals surface area contributed by atoms with Gasteiger partial charge in [0.2, 0.25) is 10.0 Å². The Bertz CT molecular complexity index is 537. The van der Waals surface area contributed by atoms with E-state index in [0.29, 0.717) is 11.4 Å². The lowest BCUT2D eigenvalue weighted by atomic mass is 9.91. The van der Waals surface area contributed by atoms with E-state index in [1.807, 2.05) is 39.3 Å². The molecule has 6 heteroatoms. The van der Waals surface area contributed by atoms with Gasteiger partial charge in [-0.05, 0) is 39.3 Å². The van der Waals surface area contributed by atoms with E-state index in [-0.39, 0.29) is 5.54 Å². The highest BCUT2D eigenvalue weighted by Gasteiger charge is 2.31. The summed E-state index contributed by atoms with van der Waals surface area (Å²) in [5.74, 6) is 0. The minimum absolute atomic E-state index is 0.351. The quantitative estimate of drug-likeness (QED) is 0.736. The number of rotatable bonds is 9. The molecular formula is C15H29N3O2S. The molecule has 0 aliphatic carbocycles. The Hall–Kier alpha value is -0.850. The third-order valence-corrected chi connectivity index (χ3v) is 5.90. The molecule has 0 saturated heterocycles. The Morgan fingerprint density at radius 1 is 1.14 bits per heavy atom. The maximum absolute atomic E-state index is 12.7. The van der Waals surface area contributed by atoms with Gasteiger partial charge >= 0.3 is 0 Å². The van der Waals surface area contributed by atoms with Crippen molar-refractivity contribution in [1.82, 2.24) is 14.6 Å². The van der Waals surface area contributed by atoms with E-state index in [1.54, 1.807) is 12.3 Å². The van der Waals surface area contributed by atoms with Crippen molar-refractivity contribution in [3.63, 3.8) is 0 Å². The Labute approximate surface area is 129 Å². The van der Waals surface area contributed by atoms with Crippen LogP contribution in [0.2, 0.25) is 0 Å². The SMILES string of the molecule is CCn1cc(S(=O)(=O)NC(CC)(CC)CC)cc1CNC. The summed E-state index contributed by atoms with van der Waals surface area (Å²) in [6.07, 6.45) is 4.09. The van der Waals surface area contributed by atoms with Crippen LogP contribution in [0.4, 0.5) is 0 Å². The number of aryl methyl sites for hydroxylation is 1. The molecule has 0 amide bonds. The number of nitrogens with one attached hydrogen (secondary N) is 2. The zero-order chi connectivity index (χ0) is 16.1. The summed E-state index contributed by atoms with van der Waals surface area (Å²) in [6.45, 7) is 9.51. The fourth-order valence-corrected chi connectivity index (χ4v) is 4.28. The van der Waals surface area contributed by atoms with Crippen molar-refractivity contribution in [3.05, 3.63) is 18.0 Å². The van der Waals surface area contributed by atoms with Crippen LogP contribution in [0.15, 0.2) is 17.2 Å². The predicted molar refractivity (Wildman–Crippen MR) is 86.8 cm³/mol. The first-order chi connectivity index (χ1) is 9.87. The first kappa shape index (κ1) is 18.2. The van der Waals surface area contributed by atoms with Crippen molar-refractivity contribution >= 4 is 10.0 Å². The molecule has 0 aromatic carbocycles. The number of nitrogens with zero attached hydrogens (tertiary/aromatic N) is 1. The third-order valence-electron chi connectivity index (χ3n) is 4.35. The van der Waals surface area contributed by atoms with Gasteiger partial charge in [-0.25, -0.2) is 13.1 Å². The highest BCUT2D eigenvalue weighted by molar-refractivity contribution is 7.89. The van der Waals surface area contributed by atoms with E-state index in [1.165, 1.54) is 0 Å². The summed E-state index contributed by atoms with van der Waals surface area (Å²) < 4.78 is 30.2. The van der Waals surface area contributed by atoms with Gasteiger partial charge in [0.05, 0.1) is 4.90 Å². The van der Waals surface area contributed by atoms with Gasteiger partial charge in [0.1, 0.15) is 0 Å². The monoisotopic (exact) mass is 315 g/mol. The fraction of sp³-hybridized carbons (Fsp3) is 0.733. The van der Waals surface area contributed by atoms with Crippen LogP contribution in [-0.4, -0.2) is 25.6 Å². The van der Waals surface area contributed by atoms with Crippen LogP contribution in [-0.2, 0) is 23.1 Å². The highest BCUT2D eigenvalue weighted by Crippen LogP contribution is 2.24. The lowest BCUT2D eigenvalue weighted by Crippen LogP contribution is -2.46. The summed E-state index contributed by atoms with van der Waals surface area (Å²) in [7, 11) is -1.63. The number of aromatic nitrogens is 1. The predicted octanol–water partition coefficient (Wildman–Crippen LogP) is 2.47. The number of hydrogen-bond donors (Lipinski definition) is 2. The van der Waals surface area contributed by atoms with Gasteiger partial charge in [-0.2, -0.15) is 0 Å². The van der Waals surface area contributed by atoms with Gasteiger partial charge in [-0.3, -0.25) is 0 Å². The van der Waals surface area contributed by atoms with Crippen LogP contribution in [0.3, 0.4) is 0 Å². The average molecular weight is 315 g/mol. The zero-order valence-corrected chi connectivity index (χ0v) is 14.7. The summed E-state index contributed by atoms with van der Waals surface area (Å²) >= 11 is 0. The van der Waals surface area contributed by atoms with Gasteiger partial charge in [0.15, 0.2) is 0 Å². The number of sulfonamides is 1. The summed E-state index contributed by atoms with van der Waals surface area (Å²) in [5, 5.41) is 3.07. The van der Waals surface area contributed by atoms with Crippen molar-refractivity contribution in [2.75, 3.05) is 7.05 Å². The second-order valence-electron chi connectivity index (χ2n) is 5.43. The number of hydrogen-bond acceptors (Lipinski definition) is 3. The van der Waals surface area contributed by atoms with Crippen LogP contribution in [0.25, 0.3) is 0 Å². The molecular weight excluding hydrogens is 286 g/mol. The summed E-state index contributed by atoms with van der Waals surface area (Å²) in [5.41, 5.74) is 0.631. The van der Waals surface area contributed by atoms with Crippen LogP contribution in [0, 0.1) is 0 Å². The van der Waals surface area contributed by atoms with Gasteiger partial charge < -0.3 is 9.88 Å². The van der Waals surface area contributed by atoms with Crippen LogP contribution >= 0.6 is 0 Å². The first-order valence-corrected chi connectivity index (χ1v) is 9.23. The highest BCUT2D eigenvalue weighted by atomic mass is 32.2. The lowest BCUT2D eigenvalue weighted by molar-refractivity contribution is 0.341. The molecule has 0 bridgehead atoms. The molecule has 0 aliphatic rings. The average Bonchev–Trinajstić information content (AvgIpc) is 2.89. The van der Waals surface area contributed by atoms with Crippen molar-refractivity contribution in [3.8, 4) is 0 Å². The van der Waals surface area contributed by atoms with E-state index < -0.39 is 10.0 Å². The van der Waals surface area contributed by atoms with Crippen LogP contribution in [0.1, 0.15) is 52.7 Å². The Morgan fingerprint density at radius 3 is 2.14 bits per heavy atom. The van der Waals surface area contributed by atoms with Gasteiger partial charge in [0, 0.05) is 30.5 Å². The van der Waals surface area contributed by atoms with Crippen molar-refractivity contribution in [1.29, 1.82) is 0 Å². The molecule has 0 aliphatic heterocycles. The van der Waals surface area contributed by atoms with E-state index >= 15 is 0 Å². The van der Waals surface area contributed by atoms with E-state index in [2.05, 4.69) is 10.0 Å². The van der Waals surface area contributed by atoms with E-state index in [4.69, 9.17) is 0 Å². The zero-order valence-electron chi connectivity index (χ0n) is 13.9.